The summed E-state index contributed by atoms with van der Waals surface area (Å²) in [7, 11) is -3.43. The van der Waals surface area contributed by atoms with E-state index in [0.29, 0.717) is 28.6 Å². The summed E-state index contributed by atoms with van der Waals surface area (Å²) in [5.74, 6) is 0.316. The molecule has 0 spiro atoms. The smallest absolute Gasteiger partial charge is 0.243 e. The van der Waals surface area contributed by atoms with Crippen LogP contribution in [0.5, 0.6) is 0 Å². The van der Waals surface area contributed by atoms with Crippen molar-refractivity contribution in [2.24, 2.45) is 5.92 Å². The molecule has 1 aromatic carbocycles. The Hall–Kier alpha value is -1.07. The van der Waals surface area contributed by atoms with Crippen LogP contribution in [0.15, 0.2) is 23.1 Å². The van der Waals surface area contributed by atoms with E-state index in [0.717, 1.165) is 12.8 Å². The molecule has 0 aromatic heterocycles. The number of nitrogens with two attached hydrogens (primary N) is 1. The van der Waals surface area contributed by atoms with E-state index in [-0.39, 0.29) is 6.04 Å². The van der Waals surface area contributed by atoms with Crippen molar-refractivity contribution in [3.05, 3.63) is 23.8 Å². The summed E-state index contributed by atoms with van der Waals surface area (Å²) in [5.41, 5.74) is 7.01. The molecular weight excluding hydrogens is 260 g/mol. The Morgan fingerprint density at radius 1 is 1.37 bits per heavy atom. The van der Waals surface area contributed by atoms with Crippen LogP contribution < -0.4 is 5.73 Å². The van der Waals surface area contributed by atoms with E-state index < -0.39 is 10.0 Å². The lowest BCUT2D eigenvalue weighted by atomic mass is 10.2. The number of sulfonamides is 1. The van der Waals surface area contributed by atoms with Gasteiger partial charge in [-0.15, -0.1) is 0 Å². The highest BCUT2D eigenvalue weighted by molar-refractivity contribution is 7.89. The summed E-state index contributed by atoms with van der Waals surface area (Å²) >= 11 is 0. The van der Waals surface area contributed by atoms with Crippen LogP contribution >= 0.6 is 0 Å². The van der Waals surface area contributed by atoms with Gasteiger partial charge in [-0.2, -0.15) is 4.31 Å². The molecule has 1 saturated carbocycles. The van der Waals surface area contributed by atoms with Crippen LogP contribution in [0.1, 0.15) is 32.3 Å². The van der Waals surface area contributed by atoms with Gasteiger partial charge in [0, 0.05) is 18.3 Å². The standard InChI is InChI=1S/C14H22N2O2S/c1-10(2)9-16(12-7-8-12)19(17,18)14-6-4-5-13(15)11(14)3/h4-6,10,12H,7-9,15H2,1-3H3. The minimum Gasteiger partial charge on any atom is -0.398 e. The molecule has 0 amide bonds. The molecule has 5 heteroatoms. The van der Waals surface area contributed by atoms with Crippen molar-refractivity contribution in [1.29, 1.82) is 0 Å². The Labute approximate surface area is 115 Å². The molecule has 0 bridgehead atoms. The molecule has 0 saturated heterocycles. The second kappa shape index (κ2) is 5.13. The summed E-state index contributed by atoms with van der Waals surface area (Å²) in [6, 6.07) is 5.26. The Morgan fingerprint density at radius 2 is 2.00 bits per heavy atom. The van der Waals surface area contributed by atoms with Crippen LogP contribution in [0, 0.1) is 12.8 Å². The van der Waals surface area contributed by atoms with Crippen molar-refractivity contribution in [1.82, 2.24) is 4.31 Å². The monoisotopic (exact) mass is 282 g/mol. The number of benzene rings is 1. The van der Waals surface area contributed by atoms with Crippen LogP contribution in [0.3, 0.4) is 0 Å². The third kappa shape index (κ3) is 2.92. The van der Waals surface area contributed by atoms with Crippen LogP contribution in [0.25, 0.3) is 0 Å². The van der Waals surface area contributed by atoms with E-state index in [1.54, 1.807) is 29.4 Å². The molecule has 1 aliphatic carbocycles. The van der Waals surface area contributed by atoms with Crippen LogP contribution in [0.4, 0.5) is 5.69 Å². The zero-order valence-electron chi connectivity index (χ0n) is 11.8. The van der Waals surface area contributed by atoms with Gasteiger partial charge in [0.15, 0.2) is 0 Å². The number of nitrogen functional groups attached to an aromatic ring is 1. The van der Waals surface area contributed by atoms with Crippen molar-refractivity contribution >= 4 is 15.7 Å². The molecule has 0 atom stereocenters. The topological polar surface area (TPSA) is 63.4 Å². The molecule has 1 aliphatic rings. The highest BCUT2D eigenvalue weighted by Gasteiger charge is 2.38. The molecule has 0 heterocycles. The van der Waals surface area contributed by atoms with Gasteiger partial charge in [-0.25, -0.2) is 8.42 Å². The van der Waals surface area contributed by atoms with E-state index in [4.69, 9.17) is 5.73 Å². The predicted octanol–water partition coefficient (Wildman–Crippen LogP) is 2.39. The molecule has 1 aromatic rings. The fraction of sp³-hybridized carbons (Fsp3) is 0.571. The van der Waals surface area contributed by atoms with Gasteiger partial charge in [0.25, 0.3) is 0 Å². The van der Waals surface area contributed by atoms with E-state index >= 15 is 0 Å². The summed E-state index contributed by atoms with van der Waals surface area (Å²) in [5, 5.41) is 0. The first kappa shape index (κ1) is 14.3. The summed E-state index contributed by atoms with van der Waals surface area (Å²) in [6.07, 6.45) is 1.93. The molecule has 1 fully saturated rings. The SMILES string of the molecule is Cc1c(N)cccc1S(=O)(=O)N(CC(C)C)C1CC1. The zero-order chi connectivity index (χ0) is 14.2. The first-order valence-electron chi connectivity index (χ1n) is 6.71. The van der Waals surface area contributed by atoms with Crippen molar-refractivity contribution in [2.75, 3.05) is 12.3 Å². The summed E-state index contributed by atoms with van der Waals surface area (Å²) in [4.78, 5) is 0.347. The van der Waals surface area contributed by atoms with Gasteiger partial charge in [0.05, 0.1) is 4.90 Å². The van der Waals surface area contributed by atoms with E-state index in [1.165, 1.54) is 0 Å². The number of rotatable bonds is 5. The number of hydrogen-bond acceptors (Lipinski definition) is 3. The normalized spacial score (nSPS) is 16.3. The van der Waals surface area contributed by atoms with E-state index in [9.17, 15) is 8.42 Å². The highest BCUT2D eigenvalue weighted by atomic mass is 32.2. The minimum absolute atomic E-state index is 0.174. The van der Waals surface area contributed by atoms with Gasteiger partial charge < -0.3 is 5.73 Å². The van der Waals surface area contributed by atoms with Crippen molar-refractivity contribution in [3.63, 3.8) is 0 Å². The van der Waals surface area contributed by atoms with Gasteiger partial charge in [-0.1, -0.05) is 19.9 Å². The number of nitrogens with zero attached hydrogens (tertiary/aromatic N) is 1. The van der Waals surface area contributed by atoms with Gasteiger partial charge in [-0.3, -0.25) is 0 Å². The lowest BCUT2D eigenvalue weighted by Gasteiger charge is -2.24. The zero-order valence-corrected chi connectivity index (χ0v) is 12.6. The Bertz CT molecular complexity index is 563. The average Bonchev–Trinajstić information content (AvgIpc) is 3.13. The summed E-state index contributed by atoms with van der Waals surface area (Å²) in [6.45, 7) is 6.41. The molecule has 4 nitrogen and oxygen atoms in total. The molecule has 0 radical (unpaired) electrons. The number of anilines is 1. The largest absolute Gasteiger partial charge is 0.398 e. The molecule has 2 rings (SSSR count). The maximum atomic E-state index is 12.8. The van der Waals surface area contributed by atoms with Gasteiger partial charge in [0.2, 0.25) is 10.0 Å². The molecule has 106 valence electrons. The lowest BCUT2D eigenvalue weighted by Crippen LogP contribution is -2.36. The van der Waals surface area contributed by atoms with E-state index in [1.807, 2.05) is 13.8 Å². The van der Waals surface area contributed by atoms with Crippen LogP contribution in [-0.2, 0) is 10.0 Å². The molecule has 0 unspecified atom stereocenters. The predicted molar refractivity (Wildman–Crippen MR) is 77.3 cm³/mol. The van der Waals surface area contributed by atoms with Gasteiger partial charge in [0.1, 0.15) is 0 Å². The third-order valence-corrected chi connectivity index (χ3v) is 5.47. The second-order valence-electron chi connectivity index (χ2n) is 5.67. The van der Waals surface area contributed by atoms with Crippen molar-refractivity contribution in [2.45, 2.75) is 44.6 Å². The molecule has 19 heavy (non-hydrogen) atoms. The third-order valence-electron chi connectivity index (χ3n) is 3.41. The van der Waals surface area contributed by atoms with Crippen LogP contribution in [0.2, 0.25) is 0 Å². The quantitative estimate of drug-likeness (QED) is 0.843. The first-order chi connectivity index (χ1) is 8.84. The highest BCUT2D eigenvalue weighted by Crippen LogP contribution is 2.34. The Balaban J connectivity index is 2.42. The lowest BCUT2D eigenvalue weighted by molar-refractivity contribution is 0.360. The summed E-state index contributed by atoms with van der Waals surface area (Å²) < 4.78 is 27.2. The molecule has 2 N–H and O–H groups in total. The van der Waals surface area contributed by atoms with Crippen molar-refractivity contribution in [3.8, 4) is 0 Å². The maximum absolute atomic E-state index is 12.8. The fourth-order valence-electron chi connectivity index (χ4n) is 2.20. The van der Waals surface area contributed by atoms with Gasteiger partial charge in [-0.05, 0) is 43.4 Å². The maximum Gasteiger partial charge on any atom is 0.243 e. The van der Waals surface area contributed by atoms with Crippen LogP contribution in [-0.4, -0.2) is 25.3 Å². The Kier molecular flexibility index (Phi) is 3.87. The van der Waals surface area contributed by atoms with Gasteiger partial charge >= 0.3 is 0 Å². The molecular formula is C14H22N2O2S. The average molecular weight is 282 g/mol. The van der Waals surface area contributed by atoms with E-state index in [2.05, 4.69) is 0 Å². The van der Waals surface area contributed by atoms with Crippen molar-refractivity contribution < 1.29 is 8.42 Å². The minimum atomic E-state index is -3.43. The number of hydrogen-bond donors (Lipinski definition) is 1. The Morgan fingerprint density at radius 3 is 2.53 bits per heavy atom. The second-order valence-corrected chi connectivity index (χ2v) is 7.53. The fourth-order valence-corrected chi connectivity index (χ4v) is 4.31. The molecule has 0 aliphatic heterocycles. The first-order valence-corrected chi connectivity index (χ1v) is 8.15.